The van der Waals surface area contributed by atoms with Crippen molar-refractivity contribution < 1.29 is 4.79 Å². The Hall–Kier alpha value is -0.830. The van der Waals surface area contributed by atoms with Crippen LogP contribution in [-0.4, -0.2) is 25.5 Å². The Morgan fingerprint density at radius 2 is 2.36 bits per heavy atom. The molecular weight excluding hydrogens is 176 g/mol. The van der Waals surface area contributed by atoms with Gasteiger partial charge in [-0.2, -0.15) is 0 Å². The van der Waals surface area contributed by atoms with E-state index in [1.165, 1.54) is 12.8 Å². The predicted octanol–water partition coefficient (Wildman–Crippen LogP) is 1.07. The molecule has 0 aromatic rings. The summed E-state index contributed by atoms with van der Waals surface area (Å²) in [7, 11) is 1.67. The minimum Gasteiger partial charge on any atom is -0.358 e. The zero-order chi connectivity index (χ0) is 10.4. The van der Waals surface area contributed by atoms with Gasteiger partial charge in [0.25, 0.3) is 0 Å². The molecule has 80 valence electrons. The van der Waals surface area contributed by atoms with E-state index in [2.05, 4.69) is 22.8 Å². The minimum absolute atomic E-state index is 0.0661. The lowest BCUT2D eigenvalue weighted by Gasteiger charge is -2.20. The van der Waals surface area contributed by atoms with E-state index in [0.29, 0.717) is 5.92 Å². The van der Waals surface area contributed by atoms with Crippen LogP contribution in [0.5, 0.6) is 0 Å². The first-order valence-corrected chi connectivity index (χ1v) is 5.34. The number of carbonyl (C=O) groups is 1. The molecule has 0 bridgehead atoms. The Labute approximate surface area is 86.0 Å². The fraction of sp³-hybridized carbons (Fsp3) is 0.727. The van der Waals surface area contributed by atoms with Crippen LogP contribution >= 0.6 is 0 Å². The molecule has 0 aromatic carbocycles. The highest BCUT2D eigenvalue weighted by atomic mass is 16.2. The van der Waals surface area contributed by atoms with Crippen LogP contribution in [0.2, 0.25) is 0 Å². The standard InChI is InChI=1S/C11H20N2O/c1-9(11(14)12-2)13-8-10-6-4-3-5-7-10/h3-4,9-10,13H,5-8H2,1-2H3,(H,12,14). The molecule has 0 heterocycles. The van der Waals surface area contributed by atoms with Gasteiger partial charge < -0.3 is 10.6 Å². The number of hydrogen-bond donors (Lipinski definition) is 2. The Bertz CT molecular complexity index is 213. The number of nitrogens with one attached hydrogen (secondary N) is 2. The molecule has 1 aliphatic rings. The summed E-state index contributed by atoms with van der Waals surface area (Å²) in [6.07, 6.45) is 8.04. The Morgan fingerprint density at radius 1 is 1.57 bits per heavy atom. The maximum atomic E-state index is 11.2. The van der Waals surface area contributed by atoms with Gasteiger partial charge in [0.2, 0.25) is 5.91 Å². The Kier molecular flexibility index (Phi) is 4.66. The van der Waals surface area contributed by atoms with Gasteiger partial charge in [0.05, 0.1) is 6.04 Å². The predicted molar refractivity (Wildman–Crippen MR) is 58.0 cm³/mol. The summed E-state index contributed by atoms with van der Waals surface area (Å²) in [4.78, 5) is 11.2. The number of likely N-dealkylation sites (N-methyl/N-ethyl adjacent to an activating group) is 1. The molecule has 0 spiro atoms. The SMILES string of the molecule is CNC(=O)C(C)NCC1CC=CCC1. The molecule has 1 amide bonds. The van der Waals surface area contributed by atoms with Gasteiger partial charge in [-0.05, 0) is 38.6 Å². The van der Waals surface area contributed by atoms with Gasteiger partial charge >= 0.3 is 0 Å². The van der Waals surface area contributed by atoms with Crippen LogP contribution in [0.25, 0.3) is 0 Å². The van der Waals surface area contributed by atoms with Crippen LogP contribution in [0.1, 0.15) is 26.2 Å². The van der Waals surface area contributed by atoms with Crippen LogP contribution in [0.4, 0.5) is 0 Å². The maximum absolute atomic E-state index is 11.2. The van der Waals surface area contributed by atoms with Crippen molar-refractivity contribution >= 4 is 5.91 Å². The molecule has 0 saturated carbocycles. The monoisotopic (exact) mass is 196 g/mol. The van der Waals surface area contributed by atoms with Gasteiger partial charge in [0, 0.05) is 7.05 Å². The van der Waals surface area contributed by atoms with Crippen molar-refractivity contribution in [3.63, 3.8) is 0 Å². The van der Waals surface area contributed by atoms with Crippen molar-refractivity contribution in [2.45, 2.75) is 32.2 Å². The lowest BCUT2D eigenvalue weighted by atomic mass is 9.94. The minimum atomic E-state index is -0.0779. The topological polar surface area (TPSA) is 41.1 Å². The molecule has 2 N–H and O–H groups in total. The molecule has 0 saturated heterocycles. The molecule has 2 atom stereocenters. The number of rotatable bonds is 4. The highest BCUT2D eigenvalue weighted by Gasteiger charge is 2.14. The molecule has 1 aliphatic carbocycles. The number of carbonyl (C=O) groups excluding carboxylic acids is 1. The second kappa shape index (κ2) is 5.81. The van der Waals surface area contributed by atoms with Gasteiger partial charge in [-0.1, -0.05) is 12.2 Å². The average Bonchev–Trinajstić information content (AvgIpc) is 2.26. The van der Waals surface area contributed by atoms with Gasteiger partial charge in [-0.25, -0.2) is 0 Å². The number of hydrogen-bond acceptors (Lipinski definition) is 2. The third-order valence-electron chi connectivity index (χ3n) is 2.73. The smallest absolute Gasteiger partial charge is 0.236 e. The van der Waals surface area contributed by atoms with E-state index in [0.717, 1.165) is 13.0 Å². The van der Waals surface area contributed by atoms with Gasteiger partial charge in [-0.3, -0.25) is 4.79 Å². The third kappa shape index (κ3) is 3.50. The normalized spacial score (nSPS) is 23.1. The highest BCUT2D eigenvalue weighted by molar-refractivity contribution is 5.80. The van der Waals surface area contributed by atoms with E-state index >= 15 is 0 Å². The summed E-state index contributed by atoms with van der Waals surface area (Å²) in [5.74, 6) is 0.767. The van der Waals surface area contributed by atoms with Crippen LogP contribution in [-0.2, 0) is 4.79 Å². The Morgan fingerprint density at radius 3 is 2.93 bits per heavy atom. The van der Waals surface area contributed by atoms with Crippen LogP contribution in [0, 0.1) is 5.92 Å². The van der Waals surface area contributed by atoms with Crippen molar-refractivity contribution in [3.8, 4) is 0 Å². The average molecular weight is 196 g/mol. The van der Waals surface area contributed by atoms with Gasteiger partial charge in [-0.15, -0.1) is 0 Å². The van der Waals surface area contributed by atoms with E-state index in [-0.39, 0.29) is 11.9 Å². The molecule has 14 heavy (non-hydrogen) atoms. The molecule has 1 rings (SSSR count). The summed E-state index contributed by atoms with van der Waals surface area (Å²) in [5.41, 5.74) is 0. The molecule has 0 aliphatic heterocycles. The van der Waals surface area contributed by atoms with Crippen molar-refractivity contribution in [1.29, 1.82) is 0 Å². The molecule has 0 fully saturated rings. The van der Waals surface area contributed by atoms with Crippen molar-refractivity contribution in [2.24, 2.45) is 5.92 Å². The van der Waals surface area contributed by atoms with E-state index < -0.39 is 0 Å². The van der Waals surface area contributed by atoms with Gasteiger partial charge in [0.1, 0.15) is 0 Å². The summed E-state index contributed by atoms with van der Waals surface area (Å²) >= 11 is 0. The van der Waals surface area contributed by atoms with Crippen molar-refractivity contribution in [2.75, 3.05) is 13.6 Å². The summed E-state index contributed by atoms with van der Waals surface area (Å²) < 4.78 is 0. The summed E-state index contributed by atoms with van der Waals surface area (Å²) in [6, 6.07) is -0.0779. The third-order valence-corrected chi connectivity index (χ3v) is 2.73. The quantitative estimate of drug-likeness (QED) is 0.660. The fourth-order valence-electron chi connectivity index (χ4n) is 1.69. The summed E-state index contributed by atoms with van der Waals surface area (Å²) in [5, 5.41) is 5.89. The molecule has 0 aromatic heterocycles. The molecule has 3 heteroatoms. The number of amides is 1. The van der Waals surface area contributed by atoms with Crippen molar-refractivity contribution in [1.82, 2.24) is 10.6 Å². The Balaban J connectivity index is 2.19. The second-order valence-electron chi connectivity index (χ2n) is 3.89. The first kappa shape index (κ1) is 11.2. The highest BCUT2D eigenvalue weighted by Crippen LogP contribution is 2.16. The first-order chi connectivity index (χ1) is 6.74. The second-order valence-corrected chi connectivity index (χ2v) is 3.89. The van der Waals surface area contributed by atoms with E-state index in [9.17, 15) is 4.79 Å². The van der Waals surface area contributed by atoms with Crippen molar-refractivity contribution in [3.05, 3.63) is 12.2 Å². The first-order valence-electron chi connectivity index (χ1n) is 5.34. The number of allylic oxidation sites excluding steroid dienone is 2. The summed E-state index contributed by atoms with van der Waals surface area (Å²) in [6.45, 7) is 2.84. The largest absolute Gasteiger partial charge is 0.358 e. The zero-order valence-electron chi connectivity index (χ0n) is 9.05. The molecule has 3 nitrogen and oxygen atoms in total. The molecule has 2 unspecified atom stereocenters. The lowest BCUT2D eigenvalue weighted by molar-refractivity contribution is -0.122. The maximum Gasteiger partial charge on any atom is 0.236 e. The van der Waals surface area contributed by atoms with E-state index in [1.54, 1.807) is 7.05 Å². The van der Waals surface area contributed by atoms with E-state index in [4.69, 9.17) is 0 Å². The van der Waals surface area contributed by atoms with Gasteiger partial charge in [0.15, 0.2) is 0 Å². The van der Waals surface area contributed by atoms with Crippen LogP contribution in [0.3, 0.4) is 0 Å². The fourth-order valence-corrected chi connectivity index (χ4v) is 1.69. The lowest BCUT2D eigenvalue weighted by Crippen LogP contribution is -2.42. The van der Waals surface area contributed by atoms with Crippen LogP contribution in [0.15, 0.2) is 12.2 Å². The molecule has 0 radical (unpaired) electrons. The van der Waals surface area contributed by atoms with E-state index in [1.807, 2.05) is 6.92 Å². The molecular formula is C11H20N2O. The zero-order valence-corrected chi connectivity index (χ0v) is 9.05. The van der Waals surface area contributed by atoms with Crippen LogP contribution < -0.4 is 10.6 Å².